The maximum atomic E-state index is 11.8. The molecule has 102 valence electrons. The Labute approximate surface area is 116 Å². The average Bonchev–Trinajstić information content (AvgIpc) is 3.11. The standard InChI is InChI=1S/C15H15N3O2/c19-14(9-5-6-9)17-15(20)13-11-4-2-1-3-10(11)12-7-16-8-18(12)13/h1-4,7-9,13,15,20H,5-6H2,(H,17,19). The molecule has 2 atom stereocenters. The second kappa shape index (κ2) is 4.18. The Morgan fingerprint density at radius 2 is 2.20 bits per heavy atom. The van der Waals surface area contributed by atoms with Crippen molar-refractivity contribution in [3.8, 4) is 11.3 Å². The van der Waals surface area contributed by atoms with Gasteiger partial charge in [-0.2, -0.15) is 0 Å². The molecule has 1 saturated carbocycles. The lowest BCUT2D eigenvalue weighted by molar-refractivity contribution is -0.125. The van der Waals surface area contributed by atoms with Crippen LogP contribution in [-0.2, 0) is 4.79 Å². The van der Waals surface area contributed by atoms with Crippen LogP contribution in [0, 0.1) is 5.92 Å². The molecule has 1 fully saturated rings. The number of amides is 1. The smallest absolute Gasteiger partial charge is 0.225 e. The van der Waals surface area contributed by atoms with E-state index in [1.807, 2.05) is 28.8 Å². The van der Waals surface area contributed by atoms with Gasteiger partial charge in [-0.15, -0.1) is 0 Å². The quantitative estimate of drug-likeness (QED) is 0.825. The van der Waals surface area contributed by atoms with Gasteiger partial charge in [0.05, 0.1) is 18.2 Å². The zero-order chi connectivity index (χ0) is 13.7. The van der Waals surface area contributed by atoms with Crippen molar-refractivity contribution < 1.29 is 9.90 Å². The van der Waals surface area contributed by atoms with Crippen molar-refractivity contribution in [3.05, 3.63) is 42.4 Å². The van der Waals surface area contributed by atoms with Gasteiger partial charge in [-0.25, -0.2) is 4.98 Å². The predicted octanol–water partition coefficient (Wildman–Crippen LogP) is 1.30. The van der Waals surface area contributed by atoms with Crippen LogP contribution in [0.25, 0.3) is 11.3 Å². The molecule has 2 heterocycles. The van der Waals surface area contributed by atoms with Crippen molar-refractivity contribution in [1.82, 2.24) is 14.9 Å². The zero-order valence-electron chi connectivity index (χ0n) is 10.9. The summed E-state index contributed by atoms with van der Waals surface area (Å²) < 4.78 is 1.92. The number of carbonyl (C=O) groups excluding carboxylic acids is 1. The van der Waals surface area contributed by atoms with Crippen LogP contribution in [-0.4, -0.2) is 26.8 Å². The average molecular weight is 269 g/mol. The third-order valence-electron chi connectivity index (χ3n) is 4.06. The highest BCUT2D eigenvalue weighted by Crippen LogP contribution is 2.40. The van der Waals surface area contributed by atoms with Crippen molar-refractivity contribution in [3.63, 3.8) is 0 Å². The van der Waals surface area contributed by atoms with Crippen molar-refractivity contribution in [2.45, 2.75) is 25.1 Å². The van der Waals surface area contributed by atoms with Gasteiger partial charge in [0.1, 0.15) is 6.04 Å². The van der Waals surface area contributed by atoms with Gasteiger partial charge in [0, 0.05) is 11.5 Å². The number of nitrogens with one attached hydrogen (secondary N) is 1. The van der Waals surface area contributed by atoms with Crippen molar-refractivity contribution >= 4 is 5.91 Å². The summed E-state index contributed by atoms with van der Waals surface area (Å²) in [6.07, 6.45) is 4.41. The topological polar surface area (TPSA) is 67.2 Å². The van der Waals surface area contributed by atoms with Crippen LogP contribution in [0.3, 0.4) is 0 Å². The van der Waals surface area contributed by atoms with E-state index in [1.54, 1.807) is 12.5 Å². The number of benzene rings is 1. The molecule has 1 aromatic carbocycles. The number of fused-ring (bicyclic) bond motifs is 3. The fraction of sp³-hybridized carbons (Fsp3) is 0.333. The van der Waals surface area contributed by atoms with Crippen LogP contribution in [0.2, 0.25) is 0 Å². The molecule has 1 aliphatic carbocycles. The zero-order valence-corrected chi connectivity index (χ0v) is 10.9. The van der Waals surface area contributed by atoms with E-state index >= 15 is 0 Å². The minimum atomic E-state index is -0.931. The first-order valence-corrected chi connectivity index (χ1v) is 6.85. The van der Waals surface area contributed by atoms with E-state index in [4.69, 9.17) is 0 Å². The molecule has 0 spiro atoms. The Balaban J connectivity index is 1.69. The van der Waals surface area contributed by atoms with E-state index < -0.39 is 6.23 Å². The molecule has 20 heavy (non-hydrogen) atoms. The molecule has 2 aromatic rings. The summed E-state index contributed by atoms with van der Waals surface area (Å²) in [5, 5.41) is 13.2. The van der Waals surface area contributed by atoms with Gasteiger partial charge in [0.15, 0.2) is 6.23 Å². The highest BCUT2D eigenvalue weighted by atomic mass is 16.3. The molecule has 5 nitrogen and oxygen atoms in total. The summed E-state index contributed by atoms with van der Waals surface area (Å²) >= 11 is 0. The van der Waals surface area contributed by atoms with Gasteiger partial charge in [0.2, 0.25) is 5.91 Å². The van der Waals surface area contributed by atoms with E-state index in [9.17, 15) is 9.90 Å². The van der Waals surface area contributed by atoms with E-state index in [2.05, 4.69) is 10.3 Å². The van der Waals surface area contributed by atoms with Crippen molar-refractivity contribution in [2.24, 2.45) is 5.92 Å². The van der Waals surface area contributed by atoms with Crippen LogP contribution in [0.15, 0.2) is 36.8 Å². The van der Waals surface area contributed by atoms with Crippen molar-refractivity contribution in [1.29, 1.82) is 0 Å². The summed E-state index contributed by atoms with van der Waals surface area (Å²) in [5.41, 5.74) is 3.06. The maximum absolute atomic E-state index is 11.8. The fourth-order valence-corrected chi connectivity index (χ4v) is 2.88. The van der Waals surface area contributed by atoms with Gasteiger partial charge in [0.25, 0.3) is 0 Å². The van der Waals surface area contributed by atoms with E-state index in [1.165, 1.54) is 0 Å². The van der Waals surface area contributed by atoms with Gasteiger partial charge in [-0.1, -0.05) is 24.3 Å². The number of aliphatic hydroxyl groups excluding tert-OH is 1. The number of rotatable bonds is 3. The summed E-state index contributed by atoms with van der Waals surface area (Å²) in [7, 11) is 0. The monoisotopic (exact) mass is 269 g/mol. The lowest BCUT2D eigenvalue weighted by Gasteiger charge is -2.22. The minimum Gasteiger partial charge on any atom is -0.371 e. The number of aromatic nitrogens is 2. The summed E-state index contributed by atoms with van der Waals surface area (Å²) in [4.78, 5) is 16.0. The summed E-state index contributed by atoms with van der Waals surface area (Å²) in [6, 6.07) is 7.61. The first-order valence-electron chi connectivity index (χ1n) is 6.85. The van der Waals surface area contributed by atoms with Crippen LogP contribution in [0.5, 0.6) is 0 Å². The second-order valence-electron chi connectivity index (χ2n) is 5.45. The highest BCUT2D eigenvalue weighted by Gasteiger charge is 2.37. The van der Waals surface area contributed by atoms with Crippen LogP contribution < -0.4 is 5.32 Å². The summed E-state index contributed by atoms with van der Waals surface area (Å²) in [5.74, 6) is 0.0344. The van der Waals surface area contributed by atoms with Gasteiger partial charge < -0.3 is 15.0 Å². The summed E-state index contributed by atoms with van der Waals surface area (Å²) in [6.45, 7) is 0. The predicted molar refractivity (Wildman–Crippen MR) is 72.7 cm³/mol. The van der Waals surface area contributed by atoms with Crippen molar-refractivity contribution in [2.75, 3.05) is 0 Å². The molecule has 0 radical (unpaired) electrons. The SMILES string of the molecule is O=C(NC(O)C1c2ccccc2-c2cncn21)C1CC1. The van der Waals surface area contributed by atoms with Crippen LogP contribution >= 0.6 is 0 Å². The molecule has 2 unspecified atom stereocenters. The molecule has 2 aliphatic rings. The van der Waals surface area contributed by atoms with Crippen LogP contribution in [0.4, 0.5) is 0 Å². The molecule has 2 N–H and O–H groups in total. The first kappa shape index (κ1) is 11.7. The lowest BCUT2D eigenvalue weighted by atomic mass is 10.0. The maximum Gasteiger partial charge on any atom is 0.225 e. The Morgan fingerprint density at radius 3 is 3.00 bits per heavy atom. The highest BCUT2D eigenvalue weighted by molar-refractivity contribution is 5.81. The van der Waals surface area contributed by atoms with Gasteiger partial charge in [-0.3, -0.25) is 4.79 Å². The van der Waals surface area contributed by atoms with E-state index in [0.29, 0.717) is 0 Å². The Bertz CT molecular complexity index is 675. The molecule has 1 amide bonds. The van der Waals surface area contributed by atoms with Crippen LogP contribution in [0.1, 0.15) is 24.4 Å². The number of imidazole rings is 1. The fourth-order valence-electron chi connectivity index (χ4n) is 2.88. The van der Waals surface area contributed by atoms with Gasteiger partial charge >= 0.3 is 0 Å². The second-order valence-corrected chi connectivity index (χ2v) is 5.45. The molecule has 0 bridgehead atoms. The molecule has 1 aromatic heterocycles. The lowest BCUT2D eigenvalue weighted by Crippen LogP contribution is -2.41. The van der Waals surface area contributed by atoms with Gasteiger partial charge in [-0.05, 0) is 18.4 Å². The molecular weight excluding hydrogens is 254 g/mol. The Hall–Kier alpha value is -2.14. The molecule has 5 heteroatoms. The third-order valence-corrected chi connectivity index (χ3v) is 4.06. The molecular formula is C15H15N3O2. The van der Waals surface area contributed by atoms with E-state index in [-0.39, 0.29) is 17.9 Å². The number of hydrogen-bond acceptors (Lipinski definition) is 3. The third kappa shape index (κ3) is 1.67. The number of nitrogens with zero attached hydrogens (tertiary/aromatic N) is 2. The molecule has 0 saturated heterocycles. The molecule has 4 rings (SSSR count). The largest absolute Gasteiger partial charge is 0.371 e. The number of carbonyl (C=O) groups is 1. The normalized spacial score (nSPS) is 21.1. The van der Waals surface area contributed by atoms with E-state index in [0.717, 1.165) is 29.7 Å². The Morgan fingerprint density at radius 1 is 1.40 bits per heavy atom. The first-order chi connectivity index (χ1) is 9.75. The Kier molecular flexibility index (Phi) is 2.44. The minimum absolute atomic E-state index is 0.0523. The number of aliphatic hydroxyl groups is 1. The number of hydrogen-bond donors (Lipinski definition) is 2. The molecule has 1 aliphatic heterocycles.